The zero-order valence-electron chi connectivity index (χ0n) is 12.7. The number of benzene rings is 1. The van der Waals surface area contributed by atoms with E-state index < -0.39 is 11.7 Å². The number of carbonyl (C=O) groups is 1. The van der Waals surface area contributed by atoms with Gasteiger partial charge in [-0.25, -0.2) is 0 Å². The third-order valence-corrected chi connectivity index (χ3v) is 3.93. The van der Waals surface area contributed by atoms with Gasteiger partial charge >= 0.3 is 6.18 Å². The maximum Gasteiger partial charge on any atom is 0.416 e. The number of hydrogen-bond donors (Lipinski definition) is 0. The fourth-order valence-electron chi connectivity index (χ4n) is 2.47. The van der Waals surface area contributed by atoms with E-state index in [1.54, 1.807) is 4.90 Å². The second kappa shape index (κ2) is 6.14. The van der Waals surface area contributed by atoms with Crippen LogP contribution in [0.5, 0.6) is 0 Å². The summed E-state index contributed by atoms with van der Waals surface area (Å²) in [5, 5.41) is 11.1. The summed E-state index contributed by atoms with van der Waals surface area (Å²) in [6, 6.07) is 7.81. The smallest absolute Gasteiger partial charge is 0.416 e. The molecule has 1 aliphatic rings. The van der Waals surface area contributed by atoms with Gasteiger partial charge in [0, 0.05) is 24.7 Å². The third kappa shape index (κ3) is 3.67. The lowest BCUT2D eigenvalue weighted by molar-refractivity contribution is -0.605. The molecule has 0 aliphatic heterocycles. The lowest BCUT2D eigenvalue weighted by atomic mass is 10.1. The summed E-state index contributed by atoms with van der Waals surface area (Å²) in [6.45, 7) is 0.244. The first kappa shape index (κ1) is 16.3. The number of pyridine rings is 1. The van der Waals surface area contributed by atoms with Crippen molar-refractivity contribution in [1.82, 2.24) is 4.90 Å². The number of nitrogens with zero attached hydrogens (tertiary/aromatic N) is 2. The maximum absolute atomic E-state index is 12.6. The predicted molar refractivity (Wildman–Crippen MR) is 79.7 cm³/mol. The van der Waals surface area contributed by atoms with Crippen LogP contribution in [0.2, 0.25) is 0 Å². The molecular weight excluding hydrogens is 321 g/mol. The van der Waals surface area contributed by atoms with Crippen LogP contribution in [0.3, 0.4) is 0 Å². The topological polar surface area (TPSA) is 47.2 Å². The van der Waals surface area contributed by atoms with Crippen molar-refractivity contribution in [2.24, 2.45) is 0 Å². The number of alkyl halides is 3. The molecule has 1 aromatic heterocycles. The van der Waals surface area contributed by atoms with Crippen molar-refractivity contribution in [1.29, 1.82) is 0 Å². The molecule has 1 amide bonds. The summed E-state index contributed by atoms with van der Waals surface area (Å²) >= 11 is 0. The van der Waals surface area contributed by atoms with Crippen molar-refractivity contribution in [2.45, 2.75) is 31.6 Å². The van der Waals surface area contributed by atoms with E-state index in [1.807, 2.05) is 0 Å². The van der Waals surface area contributed by atoms with Crippen LogP contribution in [0, 0.1) is 5.21 Å². The number of amides is 1. The molecule has 0 bridgehead atoms. The quantitative estimate of drug-likeness (QED) is 0.636. The molecule has 1 fully saturated rings. The first-order chi connectivity index (χ1) is 11.3. The van der Waals surface area contributed by atoms with Crippen molar-refractivity contribution in [2.75, 3.05) is 0 Å². The lowest BCUT2D eigenvalue weighted by Gasteiger charge is -2.22. The van der Waals surface area contributed by atoms with Crippen LogP contribution in [0.4, 0.5) is 13.2 Å². The molecular formula is C17H15F3N2O2. The van der Waals surface area contributed by atoms with Gasteiger partial charge in [-0.1, -0.05) is 12.1 Å². The van der Waals surface area contributed by atoms with Gasteiger partial charge in [0.1, 0.15) is 0 Å². The van der Waals surface area contributed by atoms with Gasteiger partial charge in [0.05, 0.1) is 11.1 Å². The molecule has 0 atom stereocenters. The summed E-state index contributed by atoms with van der Waals surface area (Å²) in [4.78, 5) is 14.2. The first-order valence-electron chi connectivity index (χ1n) is 7.50. The van der Waals surface area contributed by atoms with Gasteiger partial charge in [0.15, 0.2) is 12.4 Å². The molecule has 1 heterocycles. The summed E-state index contributed by atoms with van der Waals surface area (Å²) < 4.78 is 38.4. The fourth-order valence-corrected chi connectivity index (χ4v) is 2.47. The Balaban J connectivity index is 1.77. The van der Waals surface area contributed by atoms with Gasteiger partial charge in [-0.05, 0) is 30.5 Å². The van der Waals surface area contributed by atoms with E-state index >= 15 is 0 Å². The molecule has 1 saturated carbocycles. The van der Waals surface area contributed by atoms with Crippen molar-refractivity contribution in [3.8, 4) is 0 Å². The summed E-state index contributed by atoms with van der Waals surface area (Å²) in [5.41, 5.74) is 0.317. The van der Waals surface area contributed by atoms with Crippen LogP contribution in [0.25, 0.3) is 0 Å². The largest absolute Gasteiger partial charge is 0.619 e. The van der Waals surface area contributed by atoms with E-state index in [0.29, 0.717) is 15.9 Å². The molecule has 0 N–H and O–H groups in total. The summed E-state index contributed by atoms with van der Waals surface area (Å²) in [5.74, 6) is -0.224. The minimum absolute atomic E-state index is 0.0966. The van der Waals surface area contributed by atoms with Crippen LogP contribution in [-0.2, 0) is 12.7 Å². The highest BCUT2D eigenvalue weighted by molar-refractivity contribution is 5.94. The van der Waals surface area contributed by atoms with E-state index in [1.165, 1.54) is 36.7 Å². The number of hydrogen-bond acceptors (Lipinski definition) is 2. The maximum atomic E-state index is 12.6. The van der Waals surface area contributed by atoms with E-state index in [9.17, 15) is 23.2 Å². The summed E-state index contributed by atoms with van der Waals surface area (Å²) in [7, 11) is 0. The van der Waals surface area contributed by atoms with E-state index in [2.05, 4.69) is 0 Å². The Bertz CT molecular complexity index is 723. The van der Waals surface area contributed by atoms with E-state index in [-0.39, 0.29) is 18.5 Å². The van der Waals surface area contributed by atoms with Crippen LogP contribution in [-0.4, -0.2) is 16.8 Å². The van der Waals surface area contributed by atoms with Crippen LogP contribution in [0.15, 0.2) is 48.8 Å². The van der Waals surface area contributed by atoms with E-state index in [4.69, 9.17) is 0 Å². The molecule has 1 aliphatic carbocycles. The van der Waals surface area contributed by atoms with Crippen LogP contribution in [0.1, 0.15) is 34.3 Å². The molecule has 3 rings (SSSR count). The Hall–Kier alpha value is -2.57. The number of carbonyl (C=O) groups excluding carboxylic acids is 1. The monoisotopic (exact) mass is 336 g/mol. The first-order valence-corrected chi connectivity index (χ1v) is 7.50. The minimum atomic E-state index is -4.37. The molecule has 0 radical (unpaired) electrons. The number of rotatable bonds is 4. The average molecular weight is 336 g/mol. The highest BCUT2D eigenvalue weighted by Crippen LogP contribution is 2.31. The normalized spacial score (nSPS) is 14.5. The molecule has 2 aromatic rings. The lowest BCUT2D eigenvalue weighted by Crippen LogP contribution is -2.33. The average Bonchev–Trinajstić information content (AvgIpc) is 3.37. The van der Waals surface area contributed by atoms with Gasteiger partial charge in [0.25, 0.3) is 5.91 Å². The Morgan fingerprint density at radius 3 is 2.21 bits per heavy atom. The Morgan fingerprint density at radius 1 is 1.12 bits per heavy atom. The Morgan fingerprint density at radius 2 is 1.71 bits per heavy atom. The van der Waals surface area contributed by atoms with Gasteiger partial charge in [-0.2, -0.15) is 17.9 Å². The number of aromatic nitrogens is 1. The zero-order valence-corrected chi connectivity index (χ0v) is 12.7. The van der Waals surface area contributed by atoms with Crippen molar-refractivity contribution in [3.63, 3.8) is 0 Å². The van der Waals surface area contributed by atoms with Crippen molar-refractivity contribution >= 4 is 5.91 Å². The molecule has 4 nitrogen and oxygen atoms in total. The SMILES string of the molecule is O=C(c1cc[n+]([O-])cc1)N(Cc1ccc(C(F)(F)F)cc1)C1CC1. The third-order valence-electron chi connectivity index (χ3n) is 3.93. The van der Waals surface area contributed by atoms with Gasteiger partial charge < -0.3 is 10.1 Å². The van der Waals surface area contributed by atoms with Crippen LogP contribution >= 0.6 is 0 Å². The zero-order chi connectivity index (χ0) is 17.3. The van der Waals surface area contributed by atoms with E-state index in [0.717, 1.165) is 25.0 Å². The predicted octanol–water partition coefficient (Wildman–Crippen LogP) is 3.14. The standard InChI is InChI=1S/C17H15F3N2O2/c18-17(19,20)14-3-1-12(2-4-14)11-22(15-5-6-15)16(23)13-7-9-21(24)10-8-13/h1-4,7-10,15H,5-6,11H2. The molecule has 0 saturated heterocycles. The second-order valence-electron chi connectivity index (χ2n) is 5.81. The minimum Gasteiger partial charge on any atom is -0.619 e. The Labute approximate surface area is 136 Å². The molecule has 7 heteroatoms. The number of halogens is 3. The van der Waals surface area contributed by atoms with Crippen molar-refractivity contribution in [3.05, 3.63) is 70.7 Å². The Kier molecular flexibility index (Phi) is 4.17. The molecule has 0 unspecified atom stereocenters. The molecule has 24 heavy (non-hydrogen) atoms. The van der Waals surface area contributed by atoms with Gasteiger partial charge in [0.2, 0.25) is 0 Å². The van der Waals surface area contributed by atoms with Crippen molar-refractivity contribution < 1.29 is 22.7 Å². The van der Waals surface area contributed by atoms with Crippen LogP contribution < -0.4 is 4.73 Å². The molecule has 1 aromatic carbocycles. The highest BCUT2D eigenvalue weighted by Gasteiger charge is 2.34. The summed E-state index contributed by atoms with van der Waals surface area (Å²) in [6.07, 6.45) is -0.128. The fraction of sp³-hybridized carbons (Fsp3) is 0.294. The molecule has 126 valence electrons. The highest BCUT2D eigenvalue weighted by atomic mass is 19.4. The second-order valence-corrected chi connectivity index (χ2v) is 5.81. The molecule has 0 spiro atoms. The van der Waals surface area contributed by atoms with Gasteiger partial charge in [-0.15, -0.1) is 0 Å². The van der Waals surface area contributed by atoms with Gasteiger partial charge in [-0.3, -0.25) is 4.79 Å².